The Hall–Kier alpha value is -4.13. The highest BCUT2D eigenvalue weighted by molar-refractivity contribution is 6.51. The van der Waals surface area contributed by atoms with Gasteiger partial charge in [0.2, 0.25) is 6.79 Å². The van der Waals surface area contributed by atoms with Crippen molar-refractivity contribution in [3.63, 3.8) is 0 Å². The monoisotopic (exact) mass is 445 g/mol. The molecule has 7 heteroatoms. The highest BCUT2D eigenvalue weighted by Crippen LogP contribution is 2.43. The van der Waals surface area contributed by atoms with Crippen LogP contribution in [0.4, 0.5) is 10.1 Å². The molecule has 33 heavy (non-hydrogen) atoms. The molecule has 166 valence electrons. The van der Waals surface area contributed by atoms with Gasteiger partial charge in [-0.2, -0.15) is 0 Å². The maximum absolute atomic E-state index is 13.7. The van der Waals surface area contributed by atoms with Gasteiger partial charge in [0.25, 0.3) is 11.7 Å². The van der Waals surface area contributed by atoms with Crippen molar-refractivity contribution in [3.05, 3.63) is 94.3 Å². The normalized spacial score (nSPS) is 18.8. The molecular formula is C26H20FNO5. The molecule has 0 aliphatic carbocycles. The Morgan fingerprint density at radius 3 is 2.39 bits per heavy atom. The Kier molecular flexibility index (Phi) is 4.89. The van der Waals surface area contributed by atoms with E-state index < -0.39 is 23.5 Å². The molecule has 1 atom stereocenters. The van der Waals surface area contributed by atoms with Crippen molar-refractivity contribution < 1.29 is 28.6 Å². The van der Waals surface area contributed by atoms with Gasteiger partial charge in [0.05, 0.1) is 11.6 Å². The van der Waals surface area contributed by atoms with Crippen LogP contribution in [0.25, 0.3) is 5.76 Å². The molecular weight excluding hydrogens is 425 g/mol. The Labute approximate surface area is 189 Å². The van der Waals surface area contributed by atoms with E-state index in [1.807, 2.05) is 26.0 Å². The standard InChI is InChI=1S/C26H20FNO5/c1-14-3-9-19(11-15(14)2)28-23(16-4-7-18(27)8-5-16)22(25(30)26(28)31)24(29)17-6-10-20-21(12-17)33-13-32-20/h3-12,23,29H,13H2,1-2H3/b24-22-. The first kappa shape index (κ1) is 20.8. The van der Waals surface area contributed by atoms with Gasteiger partial charge in [0.1, 0.15) is 11.6 Å². The lowest BCUT2D eigenvalue weighted by Crippen LogP contribution is -2.29. The van der Waals surface area contributed by atoms with Gasteiger partial charge in [-0.25, -0.2) is 4.39 Å². The summed E-state index contributed by atoms with van der Waals surface area (Å²) in [6.07, 6.45) is 0. The minimum atomic E-state index is -0.932. The van der Waals surface area contributed by atoms with Gasteiger partial charge in [-0.05, 0) is 73.0 Å². The van der Waals surface area contributed by atoms with Crippen molar-refractivity contribution in [2.24, 2.45) is 0 Å². The number of aliphatic hydroxyl groups excluding tert-OH is 1. The summed E-state index contributed by atoms with van der Waals surface area (Å²) in [5.41, 5.74) is 3.22. The zero-order valence-corrected chi connectivity index (χ0v) is 18.0. The Morgan fingerprint density at radius 2 is 1.67 bits per heavy atom. The smallest absolute Gasteiger partial charge is 0.300 e. The SMILES string of the molecule is Cc1ccc(N2C(=O)C(=O)/C(=C(\O)c3ccc4c(c3)OCO4)C2c2ccc(F)cc2)cc1C. The van der Waals surface area contributed by atoms with Crippen LogP contribution in [0.5, 0.6) is 11.5 Å². The predicted octanol–water partition coefficient (Wildman–Crippen LogP) is 4.80. The van der Waals surface area contributed by atoms with Crippen LogP contribution in [-0.4, -0.2) is 23.6 Å². The Morgan fingerprint density at radius 1 is 0.939 bits per heavy atom. The second-order valence-electron chi connectivity index (χ2n) is 8.06. The molecule has 6 nitrogen and oxygen atoms in total. The second kappa shape index (κ2) is 7.78. The largest absolute Gasteiger partial charge is 0.507 e. The van der Waals surface area contributed by atoms with Crippen molar-refractivity contribution >= 4 is 23.1 Å². The van der Waals surface area contributed by atoms with Gasteiger partial charge in [-0.15, -0.1) is 0 Å². The number of halogens is 1. The first-order valence-corrected chi connectivity index (χ1v) is 10.4. The van der Waals surface area contributed by atoms with E-state index in [1.54, 1.807) is 24.3 Å². The lowest BCUT2D eigenvalue weighted by Gasteiger charge is -2.26. The van der Waals surface area contributed by atoms with Crippen LogP contribution in [0.3, 0.4) is 0 Å². The van der Waals surface area contributed by atoms with E-state index in [-0.39, 0.29) is 18.1 Å². The highest BCUT2D eigenvalue weighted by atomic mass is 19.1. The van der Waals surface area contributed by atoms with Crippen LogP contribution in [0, 0.1) is 19.7 Å². The summed E-state index contributed by atoms with van der Waals surface area (Å²) < 4.78 is 24.3. The fourth-order valence-corrected chi connectivity index (χ4v) is 4.13. The third-order valence-electron chi connectivity index (χ3n) is 6.04. The lowest BCUT2D eigenvalue weighted by atomic mass is 9.95. The van der Waals surface area contributed by atoms with Crippen LogP contribution in [0.1, 0.15) is 28.3 Å². The molecule has 1 saturated heterocycles. The highest BCUT2D eigenvalue weighted by Gasteiger charge is 2.47. The van der Waals surface area contributed by atoms with Crippen LogP contribution in [0.15, 0.2) is 66.2 Å². The van der Waals surface area contributed by atoms with Crippen LogP contribution in [-0.2, 0) is 9.59 Å². The summed E-state index contributed by atoms with van der Waals surface area (Å²) in [7, 11) is 0. The van der Waals surface area contributed by atoms with Crippen molar-refractivity contribution in [2.75, 3.05) is 11.7 Å². The number of nitrogens with zero attached hydrogens (tertiary/aromatic N) is 1. The molecule has 0 aromatic heterocycles. The minimum absolute atomic E-state index is 0.0618. The lowest BCUT2D eigenvalue weighted by molar-refractivity contribution is -0.132. The average Bonchev–Trinajstić information content (AvgIpc) is 3.38. The summed E-state index contributed by atoms with van der Waals surface area (Å²) in [5.74, 6) is -1.42. The first-order valence-electron chi connectivity index (χ1n) is 10.4. The molecule has 1 N–H and O–H groups in total. The first-order chi connectivity index (χ1) is 15.8. The summed E-state index contributed by atoms with van der Waals surface area (Å²) in [5, 5.41) is 11.2. The number of aryl methyl sites for hydroxylation is 2. The minimum Gasteiger partial charge on any atom is -0.507 e. The molecule has 0 saturated carbocycles. The van der Waals surface area contributed by atoms with Gasteiger partial charge in [0, 0.05) is 11.3 Å². The molecule has 1 unspecified atom stereocenters. The van der Waals surface area contributed by atoms with Crippen molar-refractivity contribution in [2.45, 2.75) is 19.9 Å². The number of anilines is 1. The number of fused-ring (bicyclic) bond motifs is 1. The molecule has 2 heterocycles. The molecule has 2 aliphatic heterocycles. The van der Waals surface area contributed by atoms with Crippen molar-refractivity contribution in [1.82, 2.24) is 0 Å². The third kappa shape index (κ3) is 3.42. The third-order valence-corrected chi connectivity index (χ3v) is 6.04. The van der Waals surface area contributed by atoms with Gasteiger partial charge >= 0.3 is 0 Å². The van der Waals surface area contributed by atoms with Crippen LogP contribution in [0.2, 0.25) is 0 Å². The van der Waals surface area contributed by atoms with E-state index in [0.29, 0.717) is 28.3 Å². The number of amides is 1. The quantitative estimate of drug-likeness (QED) is 0.356. The van der Waals surface area contributed by atoms with E-state index in [0.717, 1.165) is 11.1 Å². The molecule has 0 spiro atoms. The van der Waals surface area contributed by atoms with Gasteiger partial charge in [-0.1, -0.05) is 18.2 Å². The van der Waals surface area contributed by atoms with E-state index in [9.17, 15) is 19.1 Å². The summed E-state index contributed by atoms with van der Waals surface area (Å²) in [4.78, 5) is 27.7. The predicted molar refractivity (Wildman–Crippen MR) is 120 cm³/mol. The fraction of sp³-hybridized carbons (Fsp3) is 0.154. The van der Waals surface area contributed by atoms with Crippen molar-refractivity contribution in [1.29, 1.82) is 0 Å². The number of Topliss-reactive ketones (excluding diaryl/α,β-unsaturated/α-hetero) is 1. The maximum atomic E-state index is 13.7. The number of hydrogen-bond donors (Lipinski definition) is 1. The van der Waals surface area contributed by atoms with Crippen molar-refractivity contribution in [3.8, 4) is 11.5 Å². The number of carbonyl (C=O) groups is 2. The van der Waals surface area contributed by atoms with Crippen LogP contribution >= 0.6 is 0 Å². The summed E-state index contributed by atoms with van der Waals surface area (Å²) in [6.45, 7) is 3.92. The van der Waals surface area contributed by atoms with Crippen LogP contribution < -0.4 is 14.4 Å². The van der Waals surface area contributed by atoms with E-state index >= 15 is 0 Å². The molecule has 5 rings (SSSR count). The molecule has 1 fully saturated rings. The van der Waals surface area contributed by atoms with E-state index in [2.05, 4.69) is 0 Å². The maximum Gasteiger partial charge on any atom is 0.300 e. The van der Waals surface area contributed by atoms with E-state index in [1.165, 1.54) is 29.2 Å². The fourth-order valence-electron chi connectivity index (χ4n) is 4.13. The molecule has 3 aromatic carbocycles. The molecule has 3 aromatic rings. The summed E-state index contributed by atoms with van der Waals surface area (Å²) in [6, 6.07) is 14.8. The van der Waals surface area contributed by atoms with Gasteiger partial charge < -0.3 is 14.6 Å². The second-order valence-corrected chi connectivity index (χ2v) is 8.06. The number of ketones is 1. The Bertz CT molecular complexity index is 1330. The number of benzene rings is 3. The molecule has 2 aliphatic rings. The zero-order chi connectivity index (χ0) is 23.3. The average molecular weight is 445 g/mol. The number of rotatable bonds is 3. The van der Waals surface area contributed by atoms with Gasteiger partial charge in [-0.3, -0.25) is 14.5 Å². The number of ether oxygens (including phenoxy) is 2. The topological polar surface area (TPSA) is 76.1 Å². The molecule has 0 radical (unpaired) electrons. The number of carbonyl (C=O) groups excluding carboxylic acids is 2. The summed E-state index contributed by atoms with van der Waals surface area (Å²) >= 11 is 0. The zero-order valence-electron chi connectivity index (χ0n) is 18.0. The van der Waals surface area contributed by atoms with Gasteiger partial charge in [0.15, 0.2) is 11.5 Å². The number of aliphatic hydroxyl groups is 1. The van der Waals surface area contributed by atoms with E-state index in [4.69, 9.17) is 9.47 Å². The Balaban J connectivity index is 1.71. The molecule has 1 amide bonds. The number of hydrogen-bond acceptors (Lipinski definition) is 5. The molecule has 0 bridgehead atoms.